The minimum Gasteiger partial charge on any atom is -0.356 e. The lowest BCUT2D eigenvalue weighted by Gasteiger charge is -2.44. The molecular formula is C24H31FN4O. The lowest BCUT2D eigenvalue weighted by molar-refractivity contribution is -0.130. The van der Waals surface area contributed by atoms with Gasteiger partial charge in [0, 0.05) is 44.6 Å². The van der Waals surface area contributed by atoms with Crippen molar-refractivity contribution in [3.8, 4) is 0 Å². The van der Waals surface area contributed by atoms with E-state index in [-0.39, 0.29) is 23.7 Å². The van der Waals surface area contributed by atoms with Gasteiger partial charge in [0.25, 0.3) is 0 Å². The molecule has 3 heterocycles. The van der Waals surface area contributed by atoms with E-state index in [1.165, 1.54) is 11.6 Å². The van der Waals surface area contributed by atoms with E-state index in [1.54, 1.807) is 18.3 Å². The zero-order chi connectivity index (χ0) is 20.8. The molecule has 4 rings (SSSR count). The van der Waals surface area contributed by atoms with Crippen LogP contribution in [0.4, 0.5) is 4.39 Å². The SMILES string of the molecule is O=C1NCCCCCN(Cc2cccnc2)C2CN(Cc3cccc(F)c3)CCC12. The number of carbonyl (C=O) groups is 1. The topological polar surface area (TPSA) is 48.5 Å². The number of amides is 1. The monoisotopic (exact) mass is 410 g/mol. The zero-order valence-corrected chi connectivity index (χ0v) is 17.5. The first-order valence-corrected chi connectivity index (χ1v) is 11.1. The van der Waals surface area contributed by atoms with Gasteiger partial charge < -0.3 is 5.32 Å². The molecule has 2 aliphatic heterocycles. The van der Waals surface area contributed by atoms with Crippen LogP contribution in [-0.2, 0) is 17.9 Å². The second-order valence-electron chi connectivity index (χ2n) is 8.51. The van der Waals surface area contributed by atoms with E-state index in [9.17, 15) is 9.18 Å². The van der Waals surface area contributed by atoms with Gasteiger partial charge in [-0.3, -0.25) is 19.6 Å². The second kappa shape index (κ2) is 10.1. The number of halogens is 1. The van der Waals surface area contributed by atoms with Crippen LogP contribution < -0.4 is 5.32 Å². The summed E-state index contributed by atoms with van der Waals surface area (Å²) in [6.45, 7) is 4.94. The number of nitrogens with one attached hydrogen (secondary N) is 1. The molecule has 0 spiro atoms. The van der Waals surface area contributed by atoms with Crippen molar-refractivity contribution in [1.29, 1.82) is 0 Å². The van der Waals surface area contributed by atoms with E-state index in [4.69, 9.17) is 0 Å². The van der Waals surface area contributed by atoms with Gasteiger partial charge >= 0.3 is 0 Å². The van der Waals surface area contributed by atoms with Crippen LogP contribution in [0.25, 0.3) is 0 Å². The third kappa shape index (κ3) is 5.43. The minimum absolute atomic E-state index is 0.0106. The van der Waals surface area contributed by atoms with Gasteiger partial charge in [-0.05, 0) is 61.7 Å². The first-order chi connectivity index (χ1) is 14.7. The Kier molecular flexibility index (Phi) is 7.07. The Balaban J connectivity index is 1.54. The predicted molar refractivity (Wildman–Crippen MR) is 115 cm³/mol. The molecule has 1 aromatic carbocycles. The van der Waals surface area contributed by atoms with Gasteiger partial charge in [-0.15, -0.1) is 0 Å². The van der Waals surface area contributed by atoms with Crippen LogP contribution in [0.15, 0.2) is 48.8 Å². The fraction of sp³-hybridized carbons (Fsp3) is 0.500. The predicted octanol–water partition coefficient (Wildman–Crippen LogP) is 3.21. The Bertz CT molecular complexity index is 831. The molecule has 1 N–H and O–H groups in total. The summed E-state index contributed by atoms with van der Waals surface area (Å²) in [5.41, 5.74) is 2.16. The second-order valence-corrected chi connectivity index (χ2v) is 8.51. The molecule has 2 saturated heterocycles. The van der Waals surface area contributed by atoms with Crippen LogP contribution in [0, 0.1) is 11.7 Å². The molecule has 6 heteroatoms. The molecule has 2 aliphatic rings. The third-order valence-electron chi connectivity index (χ3n) is 6.30. The molecule has 2 fully saturated rings. The Morgan fingerprint density at radius 1 is 1.07 bits per heavy atom. The van der Waals surface area contributed by atoms with Crippen LogP contribution >= 0.6 is 0 Å². The molecule has 1 amide bonds. The van der Waals surface area contributed by atoms with Gasteiger partial charge in [-0.2, -0.15) is 0 Å². The van der Waals surface area contributed by atoms with Crippen LogP contribution in [0.1, 0.15) is 36.8 Å². The van der Waals surface area contributed by atoms with Gasteiger partial charge in [-0.1, -0.05) is 24.6 Å². The van der Waals surface area contributed by atoms with Crippen molar-refractivity contribution in [3.63, 3.8) is 0 Å². The van der Waals surface area contributed by atoms with Crippen LogP contribution in [-0.4, -0.2) is 52.9 Å². The van der Waals surface area contributed by atoms with E-state index in [0.717, 1.165) is 64.0 Å². The summed E-state index contributed by atoms with van der Waals surface area (Å²) in [6, 6.07) is 11.1. The summed E-state index contributed by atoms with van der Waals surface area (Å²) in [5.74, 6) is -0.0225. The number of rotatable bonds is 4. The van der Waals surface area contributed by atoms with Crippen molar-refractivity contribution in [3.05, 3.63) is 65.7 Å². The van der Waals surface area contributed by atoms with Crippen molar-refractivity contribution in [1.82, 2.24) is 20.1 Å². The molecule has 160 valence electrons. The Labute approximate surface area is 178 Å². The van der Waals surface area contributed by atoms with Gasteiger partial charge in [0.1, 0.15) is 5.82 Å². The first-order valence-electron chi connectivity index (χ1n) is 11.1. The van der Waals surface area contributed by atoms with Crippen LogP contribution in [0.5, 0.6) is 0 Å². The van der Waals surface area contributed by atoms with Crippen molar-refractivity contribution in [2.24, 2.45) is 5.92 Å². The average Bonchev–Trinajstić information content (AvgIpc) is 2.75. The third-order valence-corrected chi connectivity index (χ3v) is 6.30. The number of likely N-dealkylation sites (tertiary alicyclic amines) is 1. The summed E-state index contributed by atoms with van der Waals surface area (Å²) in [7, 11) is 0. The van der Waals surface area contributed by atoms with E-state index >= 15 is 0 Å². The van der Waals surface area contributed by atoms with E-state index in [0.29, 0.717) is 6.54 Å². The summed E-state index contributed by atoms with van der Waals surface area (Å²) < 4.78 is 13.6. The van der Waals surface area contributed by atoms with Gasteiger partial charge in [-0.25, -0.2) is 4.39 Å². The minimum atomic E-state index is -0.196. The molecule has 2 unspecified atom stereocenters. The molecular weight excluding hydrogens is 379 g/mol. The normalized spacial score (nSPS) is 24.1. The van der Waals surface area contributed by atoms with Crippen molar-refractivity contribution in [2.75, 3.05) is 26.2 Å². The van der Waals surface area contributed by atoms with Crippen molar-refractivity contribution < 1.29 is 9.18 Å². The fourth-order valence-corrected chi connectivity index (χ4v) is 4.76. The standard InChI is InChI=1S/C24H31FN4O/c25-21-8-4-6-19(14-21)16-28-13-9-22-23(18-28)29(17-20-7-5-10-26-15-20)12-3-1-2-11-27-24(22)30/h4-8,10,14-15,22-23H,1-3,9,11-13,16-18H2,(H,27,30). The Morgan fingerprint density at radius 2 is 1.97 bits per heavy atom. The molecule has 2 atom stereocenters. The lowest BCUT2D eigenvalue weighted by atomic mass is 9.88. The fourth-order valence-electron chi connectivity index (χ4n) is 4.76. The maximum Gasteiger partial charge on any atom is 0.224 e. The number of aromatic nitrogens is 1. The number of piperidine rings is 1. The average molecular weight is 411 g/mol. The number of pyridine rings is 1. The molecule has 1 aromatic heterocycles. The largest absolute Gasteiger partial charge is 0.356 e. The highest BCUT2D eigenvalue weighted by molar-refractivity contribution is 5.79. The highest BCUT2D eigenvalue weighted by atomic mass is 19.1. The molecule has 5 nitrogen and oxygen atoms in total. The Morgan fingerprint density at radius 3 is 2.80 bits per heavy atom. The van der Waals surface area contributed by atoms with E-state index in [2.05, 4.69) is 26.2 Å². The zero-order valence-electron chi connectivity index (χ0n) is 17.5. The van der Waals surface area contributed by atoms with E-state index < -0.39 is 0 Å². The van der Waals surface area contributed by atoms with Crippen LogP contribution in [0.3, 0.4) is 0 Å². The highest BCUT2D eigenvalue weighted by Crippen LogP contribution is 2.27. The maximum absolute atomic E-state index is 13.6. The number of hydrogen-bond acceptors (Lipinski definition) is 4. The number of fused-ring (bicyclic) bond motifs is 1. The molecule has 0 saturated carbocycles. The van der Waals surface area contributed by atoms with Crippen molar-refractivity contribution >= 4 is 5.91 Å². The number of benzene rings is 1. The number of hydrogen-bond donors (Lipinski definition) is 1. The number of nitrogens with zero attached hydrogens (tertiary/aromatic N) is 3. The Hall–Kier alpha value is -2.31. The smallest absolute Gasteiger partial charge is 0.224 e. The molecule has 0 bridgehead atoms. The lowest BCUT2D eigenvalue weighted by Crippen LogP contribution is -2.56. The van der Waals surface area contributed by atoms with Gasteiger partial charge in [0.2, 0.25) is 5.91 Å². The first kappa shape index (κ1) is 20.9. The molecule has 30 heavy (non-hydrogen) atoms. The molecule has 0 aliphatic carbocycles. The molecule has 0 radical (unpaired) electrons. The quantitative estimate of drug-likeness (QED) is 0.841. The number of carbonyl (C=O) groups excluding carboxylic acids is 1. The van der Waals surface area contributed by atoms with Gasteiger partial charge in [0.05, 0.1) is 5.92 Å². The van der Waals surface area contributed by atoms with Crippen LogP contribution in [0.2, 0.25) is 0 Å². The van der Waals surface area contributed by atoms with E-state index in [1.807, 2.05) is 18.3 Å². The highest BCUT2D eigenvalue weighted by Gasteiger charge is 2.37. The van der Waals surface area contributed by atoms with Gasteiger partial charge in [0.15, 0.2) is 0 Å². The maximum atomic E-state index is 13.6. The summed E-state index contributed by atoms with van der Waals surface area (Å²) in [5, 5.41) is 3.16. The summed E-state index contributed by atoms with van der Waals surface area (Å²) >= 11 is 0. The molecule has 2 aromatic rings. The summed E-state index contributed by atoms with van der Waals surface area (Å²) in [4.78, 5) is 22.1. The summed E-state index contributed by atoms with van der Waals surface area (Å²) in [6.07, 6.45) is 7.83. The van der Waals surface area contributed by atoms with Crippen molar-refractivity contribution in [2.45, 2.75) is 44.8 Å².